The van der Waals surface area contributed by atoms with Crippen LogP contribution in [-0.2, 0) is 4.79 Å². The zero-order valence-electron chi connectivity index (χ0n) is 7.79. The second kappa shape index (κ2) is 3.90. The van der Waals surface area contributed by atoms with Crippen molar-refractivity contribution in [2.75, 3.05) is 13.1 Å². The average molecular weight is 171 g/mol. The fourth-order valence-electron chi connectivity index (χ4n) is 1.23. The van der Waals surface area contributed by atoms with Crippen LogP contribution in [0.1, 0.15) is 26.7 Å². The molecule has 3 heteroatoms. The van der Waals surface area contributed by atoms with Crippen molar-refractivity contribution in [1.82, 2.24) is 4.90 Å². The number of hydrogen-bond donors (Lipinski definition) is 1. The molecule has 0 atom stereocenters. The molecule has 0 aromatic heterocycles. The highest BCUT2D eigenvalue weighted by Crippen LogP contribution is 2.12. The predicted octanol–water partition coefficient (Wildman–Crippen LogP) is 0.626. The second-order valence-electron chi connectivity index (χ2n) is 3.89. The molecule has 0 spiro atoms. The molecule has 0 aromatic carbocycles. The normalized spacial score (nSPS) is 18.2. The molecule has 1 amide bonds. The van der Waals surface area contributed by atoms with Crippen LogP contribution in [0.15, 0.2) is 0 Å². The molecular weight excluding hydrogens is 154 g/mol. The summed E-state index contributed by atoms with van der Waals surface area (Å²) in [5.74, 6) is 0.772. The molecular formula is C9H17NO2. The van der Waals surface area contributed by atoms with Crippen LogP contribution in [0.4, 0.5) is 0 Å². The van der Waals surface area contributed by atoms with Crippen LogP contribution < -0.4 is 0 Å². The monoisotopic (exact) mass is 171 g/mol. The number of hydrogen-bond acceptors (Lipinski definition) is 2. The van der Waals surface area contributed by atoms with Gasteiger partial charge in [-0.1, -0.05) is 13.8 Å². The van der Waals surface area contributed by atoms with Gasteiger partial charge >= 0.3 is 0 Å². The number of amides is 1. The van der Waals surface area contributed by atoms with Gasteiger partial charge in [0.1, 0.15) is 0 Å². The van der Waals surface area contributed by atoms with E-state index >= 15 is 0 Å². The highest BCUT2D eigenvalue weighted by molar-refractivity contribution is 5.77. The topological polar surface area (TPSA) is 40.5 Å². The van der Waals surface area contributed by atoms with Crippen molar-refractivity contribution < 1.29 is 9.90 Å². The molecule has 3 nitrogen and oxygen atoms in total. The lowest BCUT2D eigenvalue weighted by atomic mass is 10.1. The van der Waals surface area contributed by atoms with E-state index in [4.69, 9.17) is 5.11 Å². The van der Waals surface area contributed by atoms with E-state index in [0.29, 0.717) is 25.4 Å². The van der Waals surface area contributed by atoms with E-state index in [2.05, 4.69) is 13.8 Å². The molecule has 0 bridgehead atoms. The Morgan fingerprint density at radius 3 is 2.58 bits per heavy atom. The smallest absolute Gasteiger partial charge is 0.222 e. The summed E-state index contributed by atoms with van der Waals surface area (Å²) in [6.45, 7) is 5.30. The van der Waals surface area contributed by atoms with Gasteiger partial charge in [-0.2, -0.15) is 0 Å². The molecule has 1 heterocycles. The van der Waals surface area contributed by atoms with Gasteiger partial charge in [0, 0.05) is 19.5 Å². The van der Waals surface area contributed by atoms with Crippen molar-refractivity contribution in [2.45, 2.75) is 32.8 Å². The number of nitrogens with zero attached hydrogens (tertiary/aromatic N) is 1. The van der Waals surface area contributed by atoms with Crippen molar-refractivity contribution in [1.29, 1.82) is 0 Å². The minimum Gasteiger partial charge on any atom is -0.389 e. The first-order valence-electron chi connectivity index (χ1n) is 4.55. The molecule has 1 fully saturated rings. The van der Waals surface area contributed by atoms with Gasteiger partial charge in [0.25, 0.3) is 0 Å². The van der Waals surface area contributed by atoms with Crippen LogP contribution in [0.2, 0.25) is 0 Å². The fourth-order valence-corrected chi connectivity index (χ4v) is 1.23. The molecule has 0 radical (unpaired) electrons. The van der Waals surface area contributed by atoms with Crippen LogP contribution in [0.25, 0.3) is 0 Å². The van der Waals surface area contributed by atoms with Gasteiger partial charge in [0.05, 0.1) is 6.10 Å². The lowest BCUT2D eigenvalue weighted by molar-refractivity contribution is -0.141. The number of carbonyl (C=O) groups excluding carboxylic acids is 1. The predicted molar refractivity (Wildman–Crippen MR) is 46.7 cm³/mol. The maximum absolute atomic E-state index is 11.3. The Morgan fingerprint density at radius 2 is 2.17 bits per heavy atom. The van der Waals surface area contributed by atoms with Crippen molar-refractivity contribution in [3.63, 3.8) is 0 Å². The third-order valence-electron chi connectivity index (χ3n) is 2.15. The molecule has 1 aliphatic rings. The average Bonchev–Trinajstić information content (AvgIpc) is 1.94. The minimum absolute atomic E-state index is 0.189. The summed E-state index contributed by atoms with van der Waals surface area (Å²) in [6.07, 6.45) is 1.31. The van der Waals surface area contributed by atoms with Crippen LogP contribution in [0.5, 0.6) is 0 Å². The third kappa shape index (κ3) is 2.48. The zero-order chi connectivity index (χ0) is 9.14. The lowest BCUT2D eigenvalue weighted by Gasteiger charge is -2.36. The van der Waals surface area contributed by atoms with Gasteiger partial charge in [-0.25, -0.2) is 0 Å². The summed E-state index contributed by atoms with van der Waals surface area (Å²) >= 11 is 0. The first-order chi connectivity index (χ1) is 5.59. The molecule has 0 saturated carbocycles. The highest BCUT2D eigenvalue weighted by atomic mass is 16.3. The van der Waals surface area contributed by atoms with Gasteiger partial charge in [-0.15, -0.1) is 0 Å². The van der Waals surface area contributed by atoms with Crippen molar-refractivity contribution in [3.8, 4) is 0 Å². The summed E-state index contributed by atoms with van der Waals surface area (Å²) in [6, 6.07) is 0. The molecule has 1 saturated heterocycles. The molecule has 0 aliphatic carbocycles. The number of aliphatic hydroxyl groups excluding tert-OH is 1. The first kappa shape index (κ1) is 9.52. The highest BCUT2D eigenvalue weighted by Gasteiger charge is 2.27. The molecule has 12 heavy (non-hydrogen) atoms. The van der Waals surface area contributed by atoms with Gasteiger partial charge in [-0.05, 0) is 12.3 Å². The second-order valence-corrected chi connectivity index (χ2v) is 3.89. The van der Waals surface area contributed by atoms with E-state index in [9.17, 15) is 4.79 Å². The molecule has 1 rings (SSSR count). The van der Waals surface area contributed by atoms with E-state index < -0.39 is 0 Å². The molecule has 70 valence electrons. The Hall–Kier alpha value is -0.570. The fraction of sp³-hybridized carbons (Fsp3) is 0.889. The number of carbonyl (C=O) groups is 1. The SMILES string of the molecule is CC(C)CCC(=O)N1CC(O)C1. The Balaban J connectivity index is 2.13. The summed E-state index contributed by atoms with van der Waals surface area (Å²) < 4.78 is 0. The Morgan fingerprint density at radius 1 is 1.58 bits per heavy atom. The van der Waals surface area contributed by atoms with Crippen molar-refractivity contribution in [2.24, 2.45) is 5.92 Å². The van der Waals surface area contributed by atoms with E-state index in [-0.39, 0.29) is 12.0 Å². The first-order valence-corrected chi connectivity index (χ1v) is 4.55. The van der Waals surface area contributed by atoms with E-state index in [1.807, 2.05) is 0 Å². The minimum atomic E-state index is -0.270. The number of likely N-dealkylation sites (tertiary alicyclic amines) is 1. The van der Waals surface area contributed by atoms with Crippen molar-refractivity contribution >= 4 is 5.91 Å². The maximum Gasteiger partial charge on any atom is 0.222 e. The Bertz CT molecular complexity index is 162. The number of rotatable bonds is 3. The molecule has 1 aliphatic heterocycles. The molecule has 1 N–H and O–H groups in total. The Labute approximate surface area is 73.4 Å². The van der Waals surface area contributed by atoms with Crippen LogP contribution in [0.3, 0.4) is 0 Å². The van der Waals surface area contributed by atoms with Crippen LogP contribution >= 0.6 is 0 Å². The summed E-state index contributed by atoms with van der Waals surface area (Å²) in [5, 5.41) is 8.95. The third-order valence-corrected chi connectivity index (χ3v) is 2.15. The maximum atomic E-state index is 11.3. The molecule has 0 unspecified atom stereocenters. The van der Waals surface area contributed by atoms with Gasteiger partial charge in [-0.3, -0.25) is 4.79 Å². The largest absolute Gasteiger partial charge is 0.389 e. The standard InChI is InChI=1S/C9H17NO2/c1-7(2)3-4-9(12)10-5-8(11)6-10/h7-8,11H,3-6H2,1-2H3. The quantitative estimate of drug-likeness (QED) is 0.676. The van der Waals surface area contributed by atoms with Crippen molar-refractivity contribution in [3.05, 3.63) is 0 Å². The number of β-amino-alcohol motifs (C(OH)–C–C–N with tert-alkyl or cyclic N) is 1. The van der Waals surface area contributed by atoms with E-state index in [1.165, 1.54) is 0 Å². The lowest BCUT2D eigenvalue weighted by Crippen LogP contribution is -2.53. The van der Waals surface area contributed by atoms with E-state index in [1.54, 1.807) is 4.90 Å². The van der Waals surface area contributed by atoms with Gasteiger partial charge in [0.2, 0.25) is 5.91 Å². The van der Waals surface area contributed by atoms with Crippen LogP contribution in [-0.4, -0.2) is 35.1 Å². The molecule has 0 aromatic rings. The Kier molecular flexibility index (Phi) is 3.09. The van der Waals surface area contributed by atoms with Gasteiger partial charge in [0.15, 0.2) is 0 Å². The summed E-state index contributed by atoms with van der Waals surface area (Å²) in [7, 11) is 0. The van der Waals surface area contributed by atoms with Gasteiger partial charge < -0.3 is 10.0 Å². The number of aliphatic hydroxyl groups is 1. The van der Waals surface area contributed by atoms with E-state index in [0.717, 1.165) is 6.42 Å². The zero-order valence-corrected chi connectivity index (χ0v) is 7.79. The summed E-state index contributed by atoms with van der Waals surface area (Å²) in [5.41, 5.74) is 0. The van der Waals surface area contributed by atoms with Crippen LogP contribution in [0, 0.1) is 5.92 Å². The summed E-state index contributed by atoms with van der Waals surface area (Å²) in [4.78, 5) is 13.0.